The van der Waals surface area contributed by atoms with Crippen molar-refractivity contribution < 1.29 is 4.79 Å². The standard InChI is InChI=1S/C17H25NOS/c1-13(17(2,3)4)7-6-8-16(19)18-14-9-11-15(20-5)12-10-14/h7,9-12H,6,8H2,1-5H3,(H,18,19)/b13-7+. The van der Waals surface area contributed by atoms with Gasteiger partial charge in [0.15, 0.2) is 0 Å². The van der Waals surface area contributed by atoms with Crippen LogP contribution in [0.4, 0.5) is 5.69 Å². The van der Waals surface area contributed by atoms with Gasteiger partial charge in [0.1, 0.15) is 0 Å². The molecule has 110 valence electrons. The summed E-state index contributed by atoms with van der Waals surface area (Å²) >= 11 is 1.70. The van der Waals surface area contributed by atoms with Crippen LogP contribution in [0.5, 0.6) is 0 Å². The van der Waals surface area contributed by atoms with Crippen molar-refractivity contribution in [2.75, 3.05) is 11.6 Å². The summed E-state index contributed by atoms with van der Waals surface area (Å²) in [6, 6.07) is 7.92. The summed E-state index contributed by atoms with van der Waals surface area (Å²) in [4.78, 5) is 13.1. The first-order valence-corrected chi connectivity index (χ1v) is 8.16. The van der Waals surface area contributed by atoms with E-state index in [2.05, 4.69) is 39.1 Å². The van der Waals surface area contributed by atoms with Crippen LogP contribution in [-0.2, 0) is 4.79 Å². The number of amides is 1. The predicted molar refractivity (Wildman–Crippen MR) is 89.3 cm³/mol. The zero-order valence-corrected chi connectivity index (χ0v) is 13.9. The predicted octanol–water partition coefficient (Wildman–Crippen LogP) is 5.12. The van der Waals surface area contributed by atoms with Crippen molar-refractivity contribution in [1.82, 2.24) is 0 Å². The smallest absolute Gasteiger partial charge is 0.224 e. The number of thioether (sulfide) groups is 1. The van der Waals surface area contributed by atoms with E-state index < -0.39 is 0 Å². The van der Waals surface area contributed by atoms with Crippen molar-refractivity contribution in [1.29, 1.82) is 0 Å². The summed E-state index contributed by atoms with van der Waals surface area (Å²) in [5.74, 6) is 0.0693. The van der Waals surface area contributed by atoms with Crippen LogP contribution in [0.2, 0.25) is 0 Å². The molecule has 3 heteroatoms. The Morgan fingerprint density at radius 2 is 1.85 bits per heavy atom. The second-order valence-corrected chi connectivity index (χ2v) is 6.83. The van der Waals surface area contributed by atoms with E-state index >= 15 is 0 Å². The molecule has 0 radical (unpaired) electrons. The zero-order chi connectivity index (χ0) is 15.2. The van der Waals surface area contributed by atoms with Gasteiger partial charge in [-0.2, -0.15) is 0 Å². The summed E-state index contributed by atoms with van der Waals surface area (Å²) in [7, 11) is 0. The van der Waals surface area contributed by atoms with E-state index in [1.54, 1.807) is 11.8 Å². The molecule has 2 nitrogen and oxygen atoms in total. The van der Waals surface area contributed by atoms with E-state index in [1.807, 2.05) is 30.5 Å². The van der Waals surface area contributed by atoms with Gasteiger partial charge in [-0.15, -0.1) is 11.8 Å². The highest BCUT2D eigenvalue weighted by Crippen LogP contribution is 2.25. The highest BCUT2D eigenvalue weighted by atomic mass is 32.2. The van der Waals surface area contributed by atoms with E-state index in [0.717, 1.165) is 12.1 Å². The molecule has 0 bridgehead atoms. The van der Waals surface area contributed by atoms with Crippen molar-refractivity contribution in [2.24, 2.45) is 5.41 Å². The second-order valence-electron chi connectivity index (χ2n) is 5.95. The van der Waals surface area contributed by atoms with Gasteiger partial charge in [-0.1, -0.05) is 32.4 Å². The molecule has 0 heterocycles. The fourth-order valence-electron chi connectivity index (χ4n) is 1.62. The SMILES string of the molecule is CSc1ccc(NC(=O)CC/C=C(\C)C(C)(C)C)cc1. The molecule has 0 unspecified atom stereocenters. The summed E-state index contributed by atoms with van der Waals surface area (Å²) in [6.45, 7) is 8.68. The summed E-state index contributed by atoms with van der Waals surface area (Å²) < 4.78 is 0. The van der Waals surface area contributed by atoms with Crippen LogP contribution in [0.25, 0.3) is 0 Å². The van der Waals surface area contributed by atoms with Gasteiger partial charge >= 0.3 is 0 Å². The van der Waals surface area contributed by atoms with Gasteiger partial charge in [-0.25, -0.2) is 0 Å². The minimum atomic E-state index is 0.0693. The van der Waals surface area contributed by atoms with Crippen molar-refractivity contribution in [3.63, 3.8) is 0 Å². The lowest BCUT2D eigenvalue weighted by atomic mass is 9.87. The van der Waals surface area contributed by atoms with Crippen LogP contribution in [0.3, 0.4) is 0 Å². The lowest BCUT2D eigenvalue weighted by molar-refractivity contribution is -0.116. The number of hydrogen-bond donors (Lipinski definition) is 1. The molecular weight excluding hydrogens is 266 g/mol. The molecule has 1 rings (SSSR count). The molecule has 0 fully saturated rings. The van der Waals surface area contributed by atoms with Gasteiger partial charge in [-0.3, -0.25) is 4.79 Å². The van der Waals surface area contributed by atoms with Crippen LogP contribution in [-0.4, -0.2) is 12.2 Å². The largest absolute Gasteiger partial charge is 0.326 e. The third kappa shape index (κ3) is 5.83. The Balaban J connectivity index is 2.44. The molecule has 1 amide bonds. The Hall–Kier alpha value is -1.22. The fourth-order valence-corrected chi connectivity index (χ4v) is 2.03. The van der Waals surface area contributed by atoms with Gasteiger partial charge in [0.25, 0.3) is 0 Å². The molecule has 0 aliphatic rings. The quantitative estimate of drug-likeness (QED) is 0.602. The van der Waals surface area contributed by atoms with Gasteiger partial charge in [0, 0.05) is 17.0 Å². The average molecular weight is 291 g/mol. The molecular formula is C17H25NOS. The van der Waals surface area contributed by atoms with Crippen molar-refractivity contribution in [2.45, 2.75) is 45.4 Å². The molecule has 1 aromatic carbocycles. The van der Waals surface area contributed by atoms with E-state index in [1.165, 1.54) is 10.5 Å². The van der Waals surface area contributed by atoms with E-state index in [-0.39, 0.29) is 11.3 Å². The maximum Gasteiger partial charge on any atom is 0.224 e. The molecule has 1 aromatic rings. The molecule has 0 spiro atoms. The summed E-state index contributed by atoms with van der Waals surface area (Å²) in [5, 5.41) is 2.93. The van der Waals surface area contributed by atoms with Crippen molar-refractivity contribution in [3.8, 4) is 0 Å². The van der Waals surface area contributed by atoms with Gasteiger partial charge < -0.3 is 5.32 Å². The topological polar surface area (TPSA) is 29.1 Å². The molecule has 20 heavy (non-hydrogen) atoms. The Morgan fingerprint density at radius 3 is 2.35 bits per heavy atom. The molecule has 1 N–H and O–H groups in total. The van der Waals surface area contributed by atoms with Crippen LogP contribution < -0.4 is 5.32 Å². The molecule has 0 saturated heterocycles. The summed E-state index contributed by atoms with van der Waals surface area (Å²) in [5.41, 5.74) is 2.38. The van der Waals surface area contributed by atoms with Crippen LogP contribution in [0.1, 0.15) is 40.5 Å². The zero-order valence-electron chi connectivity index (χ0n) is 13.1. The van der Waals surface area contributed by atoms with E-state index in [9.17, 15) is 4.79 Å². The summed E-state index contributed by atoms with van der Waals surface area (Å²) in [6.07, 6.45) is 5.52. The Kier molecular flexibility index (Phi) is 6.34. The molecule has 0 aliphatic carbocycles. The van der Waals surface area contributed by atoms with Gasteiger partial charge in [0.2, 0.25) is 5.91 Å². The lowest BCUT2D eigenvalue weighted by Gasteiger charge is -2.19. The monoisotopic (exact) mass is 291 g/mol. The third-order valence-electron chi connectivity index (χ3n) is 3.38. The number of carbonyl (C=O) groups excluding carboxylic acids is 1. The van der Waals surface area contributed by atoms with Crippen molar-refractivity contribution in [3.05, 3.63) is 35.9 Å². The lowest BCUT2D eigenvalue weighted by Crippen LogP contribution is -2.11. The Labute approximate surface area is 127 Å². The first-order valence-electron chi connectivity index (χ1n) is 6.94. The maximum atomic E-state index is 11.9. The highest BCUT2D eigenvalue weighted by Gasteiger charge is 2.11. The normalized spacial score (nSPS) is 12.3. The highest BCUT2D eigenvalue weighted by molar-refractivity contribution is 7.98. The Morgan fingerprint density at radius 1 is 1.25 bits per heavy atom. The number of nitrogens with one attached hydrogen (secondary N) is 1. The minimum absolute atomic E-state index is 0.0693. The average Bonchev–Trinajstić information content (AvgIpc) is 2.38. The Bertz CT molecular complexity index is 469. The number of carbonyl (C=O) groups is 1. The number of benzene rings is 1. The first kappa shape index (κ1) is 16.8. The first-order chi connectivity index (χ1) is 9.32. The maximum absolute atomic E-state index is 11.9. The second kappa shape index (κ2) is 7.53. The number of rotatable bonds is 5. The number of allylic oxidation sites excluding steroid dienone is 2. The van der Waals surface area contributed by atoms with Gasteiger partial charge in [0.05, 0.1) is 0 Å². The van der Waals surface area contributed by atoms with E-state index in [0.29, 0.717) is 6.42 Å². The van der Waals surface area contributed by atoms with Crippen LogP contribution in [0.15, 0.2) is 40.8 Å². The fraction of sp³-hybridized carbons (Fsp3) is 0.471. The van der Waals surface area contributed by atoms with Gasteiger partial charge in [-0.05, 0) is 49.3 Å². The number of anilines is 1. The van der Waals surface area contributed by atoms with Crippen LogP contribution in [0, 0.1) is 5.41 Å². The third-order valence-corrected chi connectivity index (χ3v) is 4.12. The van der Waals surface area contributed by atoms with E-state index in [4.69, 9.17) is 0 Å². The molecule has 0 aliphatic heterocycles. The number of hydrogen-bond acceptors (Lipinski definition) is 2. The van der Waals surface area contributed by atoms with Crippen molar-refractivity contribution >= 4 is 23.4 Å². The molecule has 0 atom stereocenters. The van der Waals surface area contributed by atoms with Crippen LogP contribution >= 0.6 is 11.8 Å². The minimum Gasteiger partial charge on any atom is -0.326 e. The molecule has 0 saturated carbocycles. The molecule has 0 aromatic heterocycles.